The predicted molar refractivity (Wildman–Crippen MR) is 98.3 cm³/mol. The minimum absolute atomic E-state index is 0.0304. The van der Waals surface area contributed by atoms with Gasteiger partial charge in [-0.05, 0) is 40.0 Å². The molecule has 1 aliphatic rings. The molecule has 1 amide bonds. The SMILES string of the molecule is Cc1cc(NC(=O)C(C)(C)N2CCN(C)CC2)c2ccccc2n1. The van der Waals surface area contributed by atoms with E-state index in [0.29, 0.717) is 0 Å². The Morgan fingerprint density at radius 1 is 1.17 bits per heavy atom. The molecule has 1 saturated heterocycles. The number of fused-ring (bicyclic) bond motifs is 1. The standard InChI is InChI=1S/C19H26N4O/c1-14-13-17(15-7-5-6-8-16(15)20-14)21-18(24)19(2,3)23-11-9-22(4)10-12-23/h5-8,13H,9-12H2,1-4H3,(H,20,21,24). The van der Waals surface area contributed by atoms with Crippen molar-refractivity contribution in [3.8, 4) is 0 Å². The number of anilines is 1. The molecule has 0 spiro atoms. The lowest BCUT2D eigenvalue weighted by Gasteiger charge is -2.42. The van der Waals surface area contributed by atoms with Gasteiger partial charge >= 0.3 is 0 Å². The fraction of sp³-hybridized carbons (Fsp3) is 0.474. The summed E-state index contributed by atoms with van der Waals surface area (Å²) in [6.07, 6.45) is 0. The molecule has 3 rings (SSSR count). The van der Waals surface area contributed by atoms with Crippen LogP contribution in [0.4, 0.5) is 5.69 Å². The number of aromatic nitrogens is 1. The molecule has 0 bridgehead atoms. The molecule has 2 heterocycles. The Morgan fingerprint density at radius 2 is 1.83 bits per heavy atom. The van der Waals surface area contributed by atoms with Gasteiger partial charge in [0.05, 0.1) is 16.7 Å². The summed E-state index contributed by atoms with van der Waals surface area (Å²) in [7, 11) is 2.12. The number of benzene rings is 1. The van der Waals surface area contributed by atoms with E-state index in [1.165, 1.54) is 0 Å². The number of hydrogen-bond acceptors (Lipinski definition) is 4. The van der Waals surface area contributed by atoms with Crippen LogP contribution in [0, 0.1) is 6.92 Å². The first kappa shape index (κ1) is 16.9. The summed E-state index contributed by atoms with van der Waals surface area (Å²) in [6.45, 7) is 9.77. The summed E-state index contributed by atoms with van der Waals surface area (Å²) < 4.78 is 0. The summed E-state index contributed by atoms with van der Waals surface area (Å²) in [6, 6.07) is 9.86. The Morgan fingerprint density at radius 3 is 2.54 bits per heavy atom. The molecule has 5 heteroatoms. The highest BCUT2D eigenvalue weighted by molar-refractivity contribution is 6.04. The maximum absolute atomic E-state index is 13.0. The van der Waals surface area contributed by atoms with Crippen molar-refractivity contribution in [2.24, 2.45) is 0 Å². The van der Waals surface area contributed by atoms with Crippen molar-refractivity contribution < 1.29 is 4.79 Å². The molecule has 0 unspecified atom stereocenters. The van der Waals surface area contributed by atoms with Gasteiger partial charge in [0.1, 0.15) is 0 Å². The molecule has 2 aromatic rings. The zero-order valence-electron chi connectivity index (χ0n) is 15.0. The van der Waals surface area contributed by atoms with Crippen LogP contribution in [-0.4, -0.2) is 59.5 Å². The average Bonchev–Trinajstić information content (AvgIpc) is 2.55. The Labute approximate surface area is 143 Å². The van der Waals surface area contributed by atoms with E-state index in [1.54, 1.807) is 0 Å². The smallest absolute Gasteiger partial charge is 0.244 e. The monoisotopic (exact) mass is 326 g/mol. The zero-order chi connectivity index (χ0) is 17.3. The number of para-hydroxylation sites is 1. The average molecular weight is 326 g/mol. The summed E-state index contributed by atoms with van der Waals surface area (Å²) in [5.41, 5.74) is 2.11. The van der Waals surface area contributed by atoms with Gasteiger partial charge in [-0.1, -0.05) is 18.2 Å². The zero-order valence-corrected chi connectivity index (χ0v) is 15.0. The number of rotatable bonds is 3. The third-order valence-electron chi connectivity index (χ3n) is 4.94. The van der Waals surface area contributed by atoms with E-state index in [4.69, 9.17) is 0 Å². The second-order valence-corrected chi connectivity index (χ2v) is 7.13. The molecule has 1 aromatic heterocycles. The molecular weight excluding hydrogens is 300 g/mol. The molecule has 0 atom stereocenters. The Balaban J connectivity index is 1.84. The summed E-state index contributed by atoms with van der Waals surface area (Å²) in [4.78, 5) is 22.1. The molecule has 5 nitrogen and oxygen atoms in total. The van der Waals surface area contributed by atoms with Crippen LogP contribution in [0.5, 0.6) is 0 Å². The minimum atomic E-state index is -0.542. The third-order valence-corrected chi connectivity index (χ3v) is 4.94. The topological polar surface area (TPSA) is 48.5 Å². The number of likely N-dealkylation sites (N-methyl/N-ethyl adjacent to an activating group) is 1. The van der Waals surface area contributed by atoms with E-state index in [9.17, 15) is 4.79 Å². The van der Waals surface area contributed by atoms with Crippen molar-refractivity contribution in [2.45, 2.75) is 26.3 Å². The van der Waals surface area contributed by atoms with E-state index in [0.717, 1.165) is 48.5 Å². The van der Waals surface area contributed by atoms with Crippen molar-refractivity contribution >= 4 is 22.5 Å². The van der Waals surface area contributed by atoms with Crippen LogP contribution < -0.4 is 5.32 Å². The third kappa shape index (κ3) is 3.28. The summed E-state index contributed by atoms with van der Waals surface area (Å²) in [5, 5.41) is 4.12. The lowest BCUT2D eigenvalue weighted by molar-refractivity contribution is -0.127. The number of piperazine rings is 1. The number of hydrogen-bond donors (Lipinski definition) is 1. The van der Waals surface area contributed by atoms with Crippen molar-refractivity contribution in [2.75, 3.05) is 38.5 Å². The first-order valence-corrected chi connectivity index (χ1v) is 8.49. The largest absolute Gasteiger partial charge is 0.324 e. The van der Waals surface area contributed by atoms with Gasteiger partial charge in [0.25, 0.3) is 0 Å². The maximum atomic E-state index is 13.0. The quantitative estimate of drug-likeness (QED) is 0.941. The highest BCUT2D eigenvalue weighted by Gasteiger charge is 2.36. The van der Waals surface area contributed by atoms with Gasteiger partial charge in [-0.2, -0.15) is 0 Å². The molecule has 1 aromatic carbocycles. The van der Waals surface area contributed by atoms with E-state index in [1.807, 2.05) is 51.1 Å². The fourth-order valence-corrected chi connectivity index (χ4v) is 3.20. The van der Waals surface area contributed by atoms with Crippen molar-refractivity contribution in [3.63, 3.8) is 0 Å². The number of carbonyl (C=O) groups excluding carboxylic acids is 1. The molecule has 128 valence electrons. The van der Waals surface area contributed by atoms with Gasteiger partial charge in [-0.25, -0.2) is 0 Å². The highest BCUT2D eigenvalue weighted by Crippen LogP contribution is 2.25. The van der Waals surface area contributed by atoms with Crippen LogP contribution >= 0.6 is 0 Å². The molecular formula is C19H26N4O. The van der Waals surface area contributed by atoms with E-state index in [-0.39, 0.29) is 5.91 Å². The lowest BCUT2D eigenvalue weighted by Crippen LogP contribution is -2.58. The first-order valence-electron chi connectivity index (χ1n) is 8.49. The van der Waals surface area contributed by atoms with Gasteiger partial charge in [-0.3, -0.25) is 14.7 Å². The lowest BCUT2D eigenvalue weighted by atomic mass is 9.99. The van der Waals surface area contributed by atoms with Crippen LogP contribution in [0.25, 0.3) is 10.9 Å². The second-order valence-electron chi connectivity index (χ2n) is 7.13. The number of aryl methyl sites for hydroxylation is 1. The molecule has 24 heavy (non-hydrogen) atoms. The Hall–Kier alpha value is -1.98. The highest BCUT2D eigenvalue weighted by atomic mass is 16.2. The maximum Gasteiger partial charge on any atom is 0.244 e. The fourth-order valence-electron chi connectivity index (χ4n) is 3.20. The van der Waals surface area contributed by atoms with Crippen LogP contribution in [-0.2, 0) is 4.79 Å². The number of nitrogens with zero attached hydrogens (tertiary/aromatic N) is 3. The number of carbonyl (C=O) groups is 1. The Kier molecular flexibility index (Phi) is 4.56. The molecule has 1 N–H and O–H groups in total. The summed E-state index contributed by atoms with van der Waals surface area (Å²) in [5.74, 6) is 0.0304. The molecule has 0 aliphatic carbocycles. The minimum Gasteiger partial charge on any atom is -0.324 e. The van der Waals surface area contributed by atoms with Crippen LogP contribution in [0.2, 0.25) is 0 Å². The van der Waals surface area contributed by atoms with Crippen LogP contribution in [0.15, 0.2) is 30.3 Å². The summed E-state index contributed by atoms with van der Waals surface area (Å²) >= 11 is 0. The number of nitrogens with one attached hydrogen (secondary N) is 1. The van der Waals surface area contributed by atoms with E-state index in [2.05, 4.69) is 27.1 Å². The first-order chi connectivity index (χ1) is 11.4. The van der Waals surface area contributed by atoms with Gasteiger partial charge in [0.15, 0.2) is 0 Å². The van der Waals surface area contributed by atoms with Gasteiger partial charge in [0.2, 0.25) is 5.91 Å². The number of pyridine rings is 1. The van der Waals surface area contributed by atoms with Crippen molar-refractivity contribution in [1.29, 1.82) is 0 Å². The second kappa shape index (κ2) is 6.49. The molecule has 0 radical (unpaired) electrons. The normalized spacial score (nSPS) is 17.2. The van der Waals surface area contributed by atoms with E-state index >= 15 is 0 Å². The van der Waals surface area contributed by atoms with Crippen molar-refractivity contribution in [3.05, 3.63) is 36.0 Å². The van der Waals surface area contributed by atoms with Gasteiger partial charge in [0, 0.05) is 37.3 Å². The molecule has 1 fully saturated rings. The predicted octanol–water partition coefficient (Wildman–Crippen LogP) is 2.51. The molecule has 0 saturated carbocycles. The van der Waals surface area contributed by atoms with Crippen LogP contribution in [0.3, 0.4) is 0 Å². The molecule has 1 aliphatic heterocycles. The van der Waals surface area contributed by atoms with Crippen LogP contribution in [0.1, 0.15) is 19.5 Å². The Bertz CT molecular complexity index is 748. The van der Waals surface area contributed by atoms with Gasteiger partial charge in [-0.15, -0.1) is 0 Å². The van der Waals surface area contributed by atoms with Crippen molar-refractivity contribution in [1.82, 2.24) is 14.8 Å². The number of amides is 1. The van der Waals surface area contributed by atoms with E-state index < -0.39 is 5.54 Å². The van der Waals surface area contributed by atoms with Gasteiger partial charge < -0.3 is 10.2 Å².